The first kappa shape index (κ1) is 25.3. The number of fused-ring (bicyclic) bond motifs is 6. The molecule has 4 atom stereocenters. The molecule has 0 N–H and O–H groups in total. The van der Waals surface area contributed by atoms with Crippen LogP contribution in [0.1, 0.15) is 22.8 Å². The van der Waals surface area contributed by atoms with E-state index in [1.165, 1.54) is 4.90 Å². The van der Waals surface area contributed by atoms with E-state index < -0.39 is 41.9 Å². The third-order valence-electron chi connectivity index (χ3n) is 8.71. The number of amides is 2. The van der Waals surface area contributed by atoms with Crippen LogP contribution in [-0.2, 0) is 19.1 Å². The number of imide groups is 1. The number of anilines is 2. The minimum atomic E-state index is -1.02. The van der Waals surface area contributed by atoms with E-state index in [0.717, 1.165) is 22.4 Å². The van der Waals surface area contributed by atoms with Crippen molar-refractivity contribution in [2.45, 2.75) is 18.2 Å². The van der Waals surface area contributed by atoms with E-state index in [-0.39, 0.29) is 12.7 Å². The van der Waals surface area contributed by atoms with Crippen LogP contribution in [0, 0.1) is 11.8 Å². The van der Waals surface area contributed by atoms with Crippen LogP contribution in [-0.4, -0.2) is 36.7 Å². The van der Waals surface area contributed by atoms with E-state index in [1.807, 2.05) is 102 Å². The van der Waals surface area contributed by atoms with Crippen LogP contribution in [0.2, 0.25) is 0 Å². The van der Waals surface area contributed by atoms with Gasteiger partial charge in [0, 0.05) is 11.8 Å². The van der Waals surface area contributed by atoms with Crippen LogP contribution in [0.15, 0.2) is 109 Å². The van der Waals surface area contributed by atoms with Crippen molar-refractivity contribution in [3.05, 3.63) is 126 Å². The Morgan fingerprint density at radius 3 is 2.16 bits per heavy atom. The second-order valence-electron chi connectivity index (χ2n) is 11.0. The number of carbonyl (C=O) groups excluding carboxylic acids is 3. The number of hydrogen-bond acceptors (Lipinski definition) is 7. The van der Waals surface area contributed by atoms with Crippen molar-refractivity contribution in [2.24, 2.45) is 11.8 Å². The van der Waals surface area contributed by atoms with Gasteiger partial charge in [0.15, 0.2) is 17.6 Å². The highest BCUT2D eigenvalue weighted by atomic mass is 16.7. The number of para-hydroxylation sites is 1. The fraction of sp³-hybridized carbons (Fsp3) is 0.171. The highest BCUT2D eigenvalue weighted by Crippen LogP contribution is 2.50. The summed E-state index contributed by atoms with van der Waals surface area (Å²) in [5.74, 6) is -2.06. The molecule has 0 bridgehead atoms. The van der Waals surface area contributed by atoms with Gasteiger partial charge in [0.2, 0.25) is 18.6 Å². The van der Waals surface area contributed by atoms with Gasteiger partial charge in [-0.25, -0.2) is 9.69 Å². The Hall–Kier alpha value is -5.37. The SMILES string of the molecule is O=C(OC(c1ccccc1)c1ccccc1)[C@@H]1[C@@H]2C(=O)N(c3ccc4c(c3)OCO4)C(=O)[C@@H]2[C@@H]2C=Cc3ccccc3N12. The Balaban J connectivity index is 1.21. The van der Waals surface area contributed by atoms with E-state index in [9.17, 15) is 14.4 Å². The van der Waals surface area contributed by atoms with Gasteiger partial charge in [-0.15, -0.1) is 0 Å². The minimum Gasteiger partial charge on any atom is -0.454 e. The van der Waals surface area contributed by atoms with Gasteiger partial charge in [-0.3, -0.25) is 9.59 Å². The summed E-state index contributed by atoms with van der Waals surface area (Å²) < 4.78 is 17.3. The highest BCUT2D eigenvalue weighted by Gasteiger charge is 2.65. The molecule has 4 aliphatic heterocycles. The molecule has 43 heavy (non-hydrogen) atoms. The summed E-state index contributed by atoms with van der Waals surface area (Å²) in [7, 11) is 0. The smallest absolute Gasteiger partial charge is 0.330 e. The number of rotatable bonds is 5. The lowest BCUT2D eigenvalue weighted by Gasteiger charge is -2.36. The zero-order valence-electron chi connectivity index (χ0n) is 22.9. The van der Waals surface area contributed by atoms with Gasteiger partial charge in [-0.1, -0.05) is 91.0 Å². The molecule has 4 aromatic rings. The van der Waals surface area contributed by atoms with Crippen LogP contribution < -0.4 is 19.3 Å². The first-order chi connectivity index (χ1) is 21.1. The molecule has 8 rings (SSSR count). The number of carbonyl (C=O) groups is 3. The monoisotopic (exact) mass is 570 g/mol. The van der Waals surface area contributed by atoms with Gasteiger partial charge in [0.1, 0.15) is 6.04 Å². The quantitative estimate of drug-likeness (QED) is 0.243. The van der Waals surface area contributed by atoms with Crippen LogP contribution in [0.25, 0.3) is 6.08 Å². The van der Waals surface area contributed by atoms with E-state index in [2.05, 4.69) is 0 Å². The molecule has 4 aromatic carbocycles. The Morgan fingerprint density at radius 1 is 0.767 bits per heavy atom. The topological polar surface area (TPSA) is 85.4 Å². The number of benzene rings is 4. The van der Waals surface area contributed by atoms with Crippen LogP contribution in [0.5, 0.6) is 11.5 Å². The highest BCUT2D eigenvalue weighted by molar-refractivity contribution is 6.24. The largest absolute Gasteiger partial charge is 0.454 e. The summed E-state index contributed by atoms with van der Waals surface area (Å²) in [5, 5.41) is 0. The second-order valence-corrected chi connectivity index (χ2v) is 11.0. The average molecular weight is 571 g/mol. The lowest BCUT2D eigenvalue weighted by molar-refractivity contribution is -0.151. The molecule has 2 amide bonds. The van der Waals surface area contributed by atoms with Crippen LogP contribution >= 0.6 is 0 Å². The van der Waals surface area contributed by atoms with E-state index >= 15 is 0 Å². The van der Waals surface area contributed by atoms with Crippen molar-refractivity contribution in [2.75, 3.05) is 16.6 Å². The number of nitrogens with zero attached hydrogens (tertiary/aromatic N) is 2. The van der Waals surface area contributed by atoms with Crippen molar-refractivity contribution in [1.29, 1.82) is 0 Å². The molecular formula is C35H26N2O6. The van der Waals surface area contributed by atoms with Crippen molar-refractivity contribution < 1.29 is 28.6 Å². The molecule has 8 nitrogen and oxygen atoms in total. The van der Waals surface area contributed by atoms with Crippen molar-refractivity contribution >= 4 is 35.2 Å². The Morgan fingerprint density at radius 2 is 1.42 bits per heavy atom. The molecule has 0 unspecified atom stereocenters. The maximum atomic E-state index is 14.5. The number of hydrogen-bond donors (Lipinski definition) is 0. The van der Waals surface area contributed by atoms with Gasteiger partial charge >= 0.3 is 5.97 Å². The maximum Gasteiger partial charge on any atom is 0.330 e. The predicted octanol–water partition coefficient (Wildman–Crippen LogP) is 5.14. The van der Waals surface area contributed by atoms with Gasteiger partial charge in [0.25, 0.3) is 0 Å². The van der Waals surface area contributed by atoms with Crippen molar-refractivity contribution in [3.63, 3.8) is 0 Å². The fourth-order valence-electron chi connectivity index (χ4n) is 6.83. The lowest BCUT2D eigenvalue weighted by atomic mass is 9.88. The average Bonchev–Trinajstić information content (AvgIpc) is 3.73. The molecule has 0 aromatic heterocycles. The zero-order valence-corrected chi connectivity index (χ0v) is 22.9. The number of esters is 1. The molecule has 2 fully saturated rings. The summed E-state index contributed by atoms with van der Waals surface area (Å²) in [4.78, 5) is 45.9. The van der Waals surface area contributed by atoms with Crippen molar-refractivity contribution in [3.8, 4) is 11.5 Å². The third kappa shape index (κ3) is 3.94. The predicted molar refractivity (Wildman–Crippen MR) is 158 cm³/mol. The van der Waals surface area contributed by atoms with Crippen LogP contribution in [0.4, 0.5) is 11.4 Å². The van der Waals surface area contributed by atoms with E-state index in [4.69, 9.17) is 14.2 Å². The Labute approximate surface area is 247 Å². The lowest BCUT2D eigenvalue weighted by Crippen LogP contribution is -2.49. The summed E-state index contributed by atoms with van der Waals surface area (Å²) >= 11 is 0. The zero-order chi connectivity index (χ0) is 29.1. The molecule has 0 radical (unpaired) electrons. The molecular weight excluding hydrogens is 544 g/mol. The van der Waals surface area contributed by atoms with Crippen molar-refractivity contribution in [1.82, 2.24) is 0 Å². The Bertz CT molecular complexity index is 1750. The van der Waals surface area contributed by atoms with Gasteiger partial charge in [0.05, 0.1) is 23.6 Å². The summed E-state index contributed by atoms with van der Waals surface area (Å²) in [6.07, 6.45) is 3.19. The molecule has 4 heterocycles. The first-order valence-corrected chi connectivity index (χ1v) is 14.2. The molecule has 2 saturated heterocycles. The van der Waals surface area contributed by atoms with Crippen LogP contribution in [0.3, 0.4) is 0 Å². The molecule has 0 spiro atoms. The normalized spacial score (nSPS) is 22.9. The minimum absolute atomic E-state index is 0.0745. The summed E-state index contributed by atoms with van der Waals surface area (Å²) in [5.41, 5.74) is 3.70. The molecule has 0 aliphatic carbocycles. The van der Waals surface area contributed by atoms with Gasteiger partial charge < -0.3 is 19.1 Å². The standard InChI is InChI=1S/C35H26N2O6/c38-33-29-26-17-15-21-9-7-8-14-25(21)37(26)31(30(29)34(39)36(33)24-16-18-27-28(19-24)42-20-41-27)35(40)43-32(22-10-3-1-4-11-22)23-12-5-2-6-13-23/h1-19,26,29-32H,20H2/t26-,29+,30+,31-/m0/s1. The maximum absolute atomic E-state index is 14.5. The molecule has 4 aliphatic rings. The molecule has 8 heteroatoms. The number of ether oxygens (including phenoxy) is 3. The second kappa shape index (κ2) is 9.87. The Kier molecular flexibility index (Phi) is 5.82. The fourth-order valence-corrected chi connectivity index (χ4v) is 6.83. The third-order valence-corrected chi connectivity index (χ3v) is 8.71. The van der Waals surface area contributed by atoms with E-state index in [1.54, 1.807) is 18.2 Å². The first-order valence-electron chi connectivity index (χ1n) is 14.2. The van der Waals surface area contributed by atoms with Gasteiger partial charge in [-0.05, 0) is 34.9 Å². The van der Waals surface area contributed by atoms with E-state index in [0.29, 0.717) is 17.2 Å². The molecule has 0 saturated carbocycles. The van der Waals surface area contributed by atoms with Gasteiger partial charge in [-0.2, -0.15) is 0 Å². The summed E-state index contributed by atoms with van der Waals surface area (Å²) in [6.45, 7) is 0.0745. The summed E-state index contributed by atoms with van der Waals surface area (Å²) in [6, 6.07) is 30.2. The molecule has 212 valence electrons.